The number of nitrogens with one attached hydrogen (secondary N) is 1. The summed E-state index contributed by atoms with van der Waals surface area (Å²) in [5.41, 5.74) is 8.54. The Bertz CT molecular complexity index is 477. The zero-order valence-corrected chi connectivity index (χ0v) is 14.0. The minimum Gasteiger partial charge on any atom is -0.399 e. The number of benzene rings is 1. The molecule has 0 aliphatic heterocycles. The molecule has 1 rings (SSSR count). The predicted molar refractivity (Wildman–Crippen MR) is 90.4 cm³/mol. The molecule has 4 nitrogen and oxygen atoms in total. The summed E-state index contributed by atoms with van der Waals surface area (Å²) in [6, 6.07) is 5.56. The van der Waals surface area contributed by atoms with Gasteiger partial charge < -0.3 is 16.0 Å². The summed E-state index contributed by atoms with van der Waals surface area (Å²) in [5, 5.41) is 2.94. The first-order valence-corrected chi connectivity index (χ1v) is 7.52. The highest BCUT2D eigenvalue weighted by Gasteiger charge is 2.13. The maximum atomic E-state index is 12.0. The fourth-order valence-corrected chi connectivity index (χ4v) is 2.39. The van der Waals surface area contributed by atoms with Gasteiger partial charge in [-0.15, -0.1) is 0 Å². The first kappa shape index (κ1) is 17.5. The van der Waals surface area contributed by atoms with Crippen molar-refractivity contribution in [1.82, 2.24) is 4.90 Å². The number of carbonyl (C=O) groups excluding carboxylic acids is 1. The van der Waals surface area contributed by atoms with Crippen LogP contribution < -0.4 is 11.1 Å². The lowest BCUT2D eigenvalue weighted by molar-refractivity contribution is -0.116. The van der Waals surface area contributed by atoms with Crippen molar-refractivity contribution in [1.29, 1.82) is 0 Å². The number of hydrogen-bond donors (Lipinski definition) is 2. The molecule has 0 spiro atoms. The number of carbonyl (C=O) groups is 1. The number of nitrogen functional groups attached to an aromatic ring is 1. The Morgan fingerprint density at radius 2 is 2.00 bits per heavy atom. The van der Waals surface area contributed by atoms with Crippen molar-refractivity contribution in [2.75, 3.05) is 31.2 Å². The molecular formula is C17H29N3O. The highest BCUT2D eigenvalue weighted by atomic mass is 16.1. The molecule has 3 N–H and O–H groups in total. The van der Waals surface area contributed by atoms with E-state index in [1.54, 1.807) is 6.07 Å². The van der Waals surface area contributed by atoms with Crippen LogP contribution in [-0.2, 0) is 4.79 Å². The third-order valence-electron chi connectivity index (χ3n) is 3.22. The van der Waals surface area contributed by atoms with Gasteiger partial charge in [-0.05, 0) is 50.0 Å². The molecule has 1 aromatic rings. The Morgan fingerprint density at radius 1 is 1.33 bits per heavy atom. The highest BCUT2D eigenvalue weighted by Crippen LogP contribution is 2.18. The molecule has 0 bridgehead atoms. The fraction of sp³-hybridized carbons (Fsp3) is 0.588. The number of amides is 1. The van der Waals surface area contributed by atoms with Gasteiger partial charge in [0.2, 0.25) is 5.91 Å². The summed E-state index contributed by atoms with van der Waals surface area (Å²) in [6.45, 7) is 10.6. The predicted octanol–water partition coefficient (Wildman–Crippen LogP) is 3.27. The van der Waals surface area contributed by atoms with Gasteiger partial charge in [-0.1, -0.05) is 26.8 Å². The van der Waals surface area contributed by atoms with Crippen molar-refractivity contribution in [3.63, 3.8) is 0 Å². The van der Waals surface area contributed by atoms with E-state index in [0.29, 0.717) is 12.1 Å². The zero-order valence-electron chi connectivity index (χ0n) is 14.0. The Labute approximate surface area is 128 Å². The number of nitrogens with zero attached hydrogens (tertiary/aromatic N) is 1. The lowest BCUT2D eigenvalue weighted by atomic mass is 9.96. The van der Waals surface area contributed by atoms with E-state index in [1.807, 2.05) is 19.1 Å². The van der Waals surface area contributed by atoms with Gasteiger partial charge in [0, 0.05) is 24.3 Å². The van der Waals surface area contributed by atoms with Crippen LogP contribution in [0.2, 0.25) is 0 Å². The van der Waals surface area contributed by atoms with Crippen molar-refractivity contribution in [3.05, 3.63) is 23.8 Å². The van der Waals surface area contributed by atoms with E-state index in [9.17, 15) is 4.79 Å². The van der Waals surface area contributed by atoms with Gasteiger partial charge in [-0.25, -0.2) is 0 Å². The summed E-state index contributed by atoms with van der Waals surface area (Å²) in [5.74, 6) is 0.0489. The molecule has 0 heterocycles. The van der Waals surface area contributed by atoms with Crippen LogP contribution in [0.15, 0.2) is 18.2 Å². The van der Waals surface area contributed by atoms with Crippen LogP contribution in [0.5, 0.6) is 0 Å². The van der Waals surface area contributed by atoms with Crippen LogP contribution in [0.4, 0.5) is 11.4 Å². The van der Waals surface area contributed by atoms with Gasteiger partial charge in [0.1, 0.15) is 0 Å². The van der Waals surface area contributed by atoms with E-state index in [4.69, 9.17) is 5.73 Å². The lowest BCUT2D eigenvalue weighted by Crippen LogP contribution is -2.30. The zero-order chi connectivity index (χ0) is 16.0. The molecule has 0 fully saturated rings. The van der Waals surface area contributed by atoms with Gasteiger partial charge in [0.15, 0.2) is 0 Å². The van der Waals surface area contributed by atoms with Crippen molar-refractivity contribution >= 4 is 17.3 Å². The van der Waals surface area contributed by atoms with E-state index in [1.165, 1.54) is 0 Å². The molecule has 0 unspecified atom stereocenters. The van der Waals surface area contributed by atoms with E-state index < -0.39 is 0 Å². The number of hydrogen-bond acceptors (Lipinski definition) is 3. The highest BCUT2D eigenvalue weighted by molar-refractivity contribution is 5.91. The molecule has 0 saturated heterocycles. The number of aryl methyl sites for hydroxylation is 1. The molecule has 0 aromatic heterocycles. The average Bonchev–Trinajstić information content (AvgIpc) is 2.31. The van der Waals surface area contributed by atoms with Crippen molar-refractivity contribution in [2.45, 2.75) is 40.5 Å². The van der Waals surface area contributed by atoms with Crippen LogP contribution in [-0.4, -0.2) is 30.9 Å². The standard InChI is InChI=1S/C17H29N3O/c1-13-8-9-14(18)11-15(13)19-16(21)7-6-10-20(5)12-17(2,3)4/h8-9,11H,6-7,10,12,18H2,1-5H3,(H,19,21). The topological polar surface area (TPSA) is 58.4 Å². The molecule has 0 aliphatic rings. The van der Waals surface area contributed by atoms with Crippen molar-refractivity contribution in [2.24, 2.45) is 5.41 Å². The second-order valence-corrected chi connectivity index (χ2v) is 7.02. The normalized spacial score (nSPS) is 11.7. The molecular weight excluding hydrogens is 262 g/mol. The SMILES string of the molecule is Cc1ccc(N)cc1NC(=O)CCCN(C)CC(C)(C)C. The summed E-state index contributed by atoms with van der Waals surface area (Å²) in [7, 11) is 2.10. The van der Waals surface area contributed by atoms with Gasteiger partial charge >= 0.3 is 0 Å². The largest absolute Gasteiger partial charge is 0.399 e. The maximum Gasteiger partial charge on any atom is 0.224 e. The van der Waals surface area contributed by atoms with Crippen LogP contribution in [0.25, 0.3) is 0 Å². The van der Waals surface area contributed by atoms with Crippen LogP contribution in [0.1, 0.15) is 39.2 Å². The Morgan fingerprint density at radius 3 is 2.62 bits per heavy atom. The Balaban J connectivity index is 2.36. The molecule has 0 aliphatic carbocycles. The molecule has 1 amide bonds. The molecule has 118 valence electrons. The molecule has 0 saturated carbocycles. The van der Waals surface area contributed by atoms with Gasteiger partial charge in [-0.3, -0.25) is 4.79 Å². The summed E-state index contributed by atoms with van der Waals surface area (Å²) in [6.07, 6.45) is 1.39. The molecule has 0 atom stereocenters. The van der Waals surface area contributed by atoms with Crippen molar-refractivity contribution < 1.29 is 4.79 Å². The fourth-order valence-electron chi connectivity index (χ4n) is 2.39. The van der Waals surface area contributed by atoms with Gasteiger partial charge in [-0.2, -0.15) is 0 Å². The second-order valence-electron chi connectivity index (χ2n) is 7.02. The minimum atomic E-state index is 0.0489. The lowest BCUT2D eigenvalue weighted by Gasteiger charge is -2.26. The van der Waals surface area contributed by atoms with Crippen molar-refractivity contribution in [3.8, 4) is 0 Å². The first-order valence-electron chi connectivity index (χ1n) is 7.52. The summed E-state index contributed by atoms with van der Waals surface area (Å²) in [4.78, 5) is 14.2. The molecule has 4 heteroatoms. The molecule has 0 radical (unpaired) electrons. The first-order chi connectivity index (χ1) is 9.67. The number of rotatable bonds is 6. The third-order valence-corrected chi connectivity index (χ3v) is 3.22. The van der Waals surface area contributed by atoms with Crippen LogP contribution >= 0.6 is 0 Å². The average molecular weight is 291 g/mol. The number of nitrogens with two attached hydrogens (primary N) is 1. The maximum absolute atomic E-state index is 12.0. The van der Waals surface area contributed by atoms with Crippen LogP contribution in [0.3, 0.4) is 0 Å². The van der Waals surface area contributed by atoms with Crippen LogP contribution in [0, 0.1) is 12.3 Å². The van der Waals surface area contributed by atoms with E-state index in [0.717, 1.165) is 30.8 Å². The smallest absolute Gasteiger partial charge is 0.224 e. The van der Waals surface area contributed by atoms with E-state index in [-0.39, 0.29) is 11.3 Å². The minimum absolute atomic E-state index is 0.0489. The molecule has 21 heavy (non-hydrogen) atoms. The van der Waals surface area contributed by atoms with Gasteiger partial charge in [0.05, 0.1) is 0 Å². The molecule has 1 aromatic carbocycles. The second kappa shape index (κ2) is 7.46. The quantitative estimate of drug-likeness (QED) is 0.791. The Hall–Kier alpha value is -1.55. The van der Waals surface area contributed by atoms with E-state index >= 15 is 0 Å². The summed E-state index contributed by atoms with van der Waals surface area (Å²) < 4.78 is 0. The monoisotopic (exact) mass is 291 g/mol. The third kappa shape index (κ3) is 7.14. The van der Waals surface area contributed by atoms with E-state index in [2.05, 4.69) is 38.0 Å². The number of anilines is 2. The van der Waals surface area contributed by atoms with Gasteiger partial charge in [0.25, 0.3) is 0 Å². The Kier molecular flexibility index (Phi) is 6.21. The summed E-state index contributed by atoms with van der Waals surface area (Å²) >= 11 is 0.